The second-order valence-electron chi connectivity index (χ2n) is 4.23. The molecule has 0 aromatic carbocycles. The molecule has 0 saturated carbocycles. The van der Waals surface area contributed by atoms with Crippen LogP contribution in [0.15, 0.2) is 24.5 Å². The lowest BCUT2D eigenvalue weighted by Crippen LogP contribution is -2.08. The Morgan fingerprint density at radius 1 is 1.24 bits per heavy atom. The minimum absolute atomic E-state index is 0.325. The predicted molar refractivity (Wildman–Crippen MR) is 62.0 cm³/mol. The molecule has 2 aromatic rings. The fourth-order valence-electron chi connectivity index (χ4n) is 2.10. The molecule has 2 aromatic heterocycles. The molecule has 0 spiro atoms. The molecule has 1 saturated heterocycles. The van der Waals surface area contributed by atoms with Crippen LogP contribution in [0.25, 0.3) is 11.4 Å². The predicted octanol–water partition coefficient (Wildman–Crippen LogP) is 1.69. The molecule has 4 nitrogen and oxygen atoms in total. The van der Waals surface area contributed by atoms with E-state index >= 15 is 0 Å². The summed E-state index contributed by atoms with van der Waals surface area (Å²) in [7, 11) is 0. The maximum Gasteiger partial charge on any atom is 0.141 e. The van der Waals surface area contributed by atoms with E-state index in [1.807, 2.05) is 0 Å². The average Bonchev–Trinajstić information content (AvgIpc) is 3.00. The fraction of sp³-hybridized carbons (Fsp3) is 0.333. The van der Waals surface area contributed by atoms with Crippen LogP contribution in [0.5, 0.6) is 0 Å². The highest BCUT2D eigenvalue weighted by Crippen LogP contribution is 2.22. The Morgan fingerprint density at radius 2 is 2.18 bits per heavy atom. The summed E-state index contributed by atoms with van der Waals surface area (Å²) >= 11 is 0. The normalized spacial score (nSPS) is 19.7. The van der Waals surface area contributed by atoms with E-state index in [2.05, 4.69) is 20.3 Å². The van der Waals surface area contributed by atoms with Crippen LogP contribution in [0, 0.1) is 5.82 Å². The van der Waals surface area contributed by atoms with Gasteiger partial charge in [0.1, 0.15) is 11.6 Å². The number of H-pyrrole nitrogens is 1. The second-order valence-corrected chi connectivity index (χ2v) is 4.23. The third-order valence-electron chi connectivity index (χ3n) is 3.05. The molecule has 0 bridgehead atoms. The molecular weight excluding hydrogens is 219 g/mol. The van der Waals surface area contributed by atoms with Crippen LogP contribution in [0.4, 0.5) is 4.39 Å². The van der Waals surface area contributed by atoms with Crippen molar-refractivity contribution in [2.75, 3.05) is 13.1 Å². The lowest BCUT2D eigenvalue weighted by Gasteiger charge is -2.02. The van der Waals surface area contributed by atoms with Gasteiger partial charge in [-0.15, -0.1) is 0 Å². The Morgan fingerprint density at radius 3 is 2.88 bits per heavy atom. The molecule has 17 heavy (non-hydrogen) atoms. The molecule has 0 radical (unpaired) electrons. The Balaban J connectivity index is 1.86. The van der Waals surface area contributed by atoms with E-state index in [-0.39, 0.29) is 5.82 Å². The van der Waals surface area contributed by atoms with Crippen LogP contribution in [-0.4, -0.2) is 28.0 Å². The number of nitrogens with zero attached hydrogens (tertiary/aromatic N) is 2. The zero-order chi connectivity index (χ0) is 11.7. The van der Waals surface area contributed by atoms with Gasteiger partial charge in [0.2, 0.25) is 0 Å². The Labute approximate surface area is 98.3 Å². The van der Waals surface area contributed by atoms with E-state index in [1.54, 1.807) is 12.3 Å². The number of halogens is 1. The minimum Gasteiger partial charge on any atom is -0.340 e. The summed E-state index contributed by atoms with van der Waals surface area (Å²) in [5, 5.41) is 3.30. The van der Waals surface area contributed by atoms with Crippen LogP contribution in [-0.2, 0) is 0 Å². The van der Waals surface area contributed by atoms with Gasteiger partial charge in [-0.25, -0.2) is 9.37 Å². The lowest BCUT2D eigenvalue weighted by atomic mass is 10.1. The smallest absolute Gasteiger partial charge is 0.141 e. The maximum absolute atomic E-state index is 12.8. The molecule has 0 aliphatic carbocycles. The third-order valence-corrected chi connectivity index (χ3v) is 3.05. The first-order valence-electron chi connectivity index (χ1n) is 5.70. The Hall–Kier alpha value is -1.75. The first kappa shape index (κ1) is 10.4. The van der Waals surface area contributed by atoms with Gasteiger partial charge >= 0.3 is 0 Å². The van der Waals surface area contributed by atoms with Crippen molar-refractivity contribution in [3.63, 3.8) is 0 Å². The molecule has 5 heteroatoms. The number of aromatic amines is 1. The molecule has 3 rings (SSSR count). The van der Waals surface area contributed by atoms with Crippen LogP contribution in [0.3, 0.4) is 0 Å². The monoisotopic (exact) mass is 232 g/mol. The number of imidazole rings is 1. The Kier molecular flexibility index (Phi) is 2.60. The SMILES string of the molecule is Fc1ccc(-c2cnc(C3CCNC3)[nH]2)nc1. The number of hydrogen-bond acceptors (Lipinski definition) is 3. The van der Waals surface area contributed by atoms with Crippen LogP contribution in [0.1, 0.15) is 18.2 Å². The van der Waals surface area contributed by atoms with Gasteiger partial charge in [0.15, 0.2) is 0 Å². The zero-order valence-electron chi connectivity index (χ0n) is 9.28. The largest absolute Gasteiger partial charge is 0.340 e. The highest BCUT2D eigenvalue weighted by Gasteiger charge is 2.19. The van der Waals surface area contributed by atoms with Gasteiger partial charge in [-0.2, -0.15) is 0 Å². The van der Waals surface area contributed by atoms with Crippen molar-refractivity contribution in [2.45, 2.75) is 12.3 Å². The second kappa shape index (κ2) is 4.25. The highest BCUT2D eigenvalue weighted by atomic mass is 19.1. The maximum atomic E-state index is 12.8. The number of aromatic nitrogens is 3. The summed E-state index contributed by atoms with van der Waals surface area (Å²) in [5.74, 6) is 1.11. The molecule has 3 heterocycles. The summed E-state index contributed by atoms with van der Waals surface area (Å²) in [6.07, 6.45) is 4.07. The van der Waals surface area contributed by atoms with Crippen molar-refractivity contribution in [3.8, 4) is 11.4 Å². The van der Waals surface area contributed by atoms with Gasteiger partial charge in [0.25, 0.3) is 0 Å². The third kappa shape index (κ3) is 2.06. The van der Waals surface area contributed by atoms with Gasteiger partial charge in [0.05, 0.1) is 23.8 Å². The Bertz CT molecular complexity index is 499. The van der Waals surface area contributed by atoms with E-state index in [4.69, 9.17) is 0 Å². The topological polar surface area (TPSA) is 53.6 Å². The molecule has 1 aliphatic heterocycles. The number of pyridine rings is 1. The first-order chi connectivity index (χ1) is 8.33. The molecule has 1 atom stereocenters. The molecule has 88 valence electrons. The number of hydrogen-bond donors (Lipinski definition) is 2. The van der Waals surface area contributed by atoms with Gasteiger partial charge in [-0.05, 0) is 25.1 Å². The number of nitrogens with one attached hydrogen (secondary N) is 2. The van der Waals surface area contributed by atoms with E-state index in [0.717, 1.165) is 36.7 Å². The van der Waals surface area contributed by atoms with Crippen molar-refractivity contribution in [1.29, 1.82) is 0 Å². The van der Waals surface area contributed by atoms with E-state index in [1.165, 1.54) is 12.3 Å². The van der Waals surface area contributed by atoms with Crippen molar-refractivity contribution in [3.05, 3.63) is 36.2 Å². The van der Waals surface area contributed by atoms with Gasteiger partial charge < -0.3 is 10.3 Å². The van der Waals surface area contributed by atoms with Crippen molar-refractivity contribution < 1.29 is 4.39 Å². The lowest BCUT2D eigenvalue weighted by molar-refractivity contribution is 0.622. The fourth-order valence-corrected chi connectivity index (χ4v) is 2.10. The van der Waals surface area contributed by atoms with Crippen LogP contribution in [0.2, 0.25) is 0 Å². The van der Waals surface area contributed by atoms with Crippen molar-refractivity contribution >= 4 is 0 Å². The molecule has 0 amide bonds. The molecule has 1 aliphatic rings. The van der Waals surface area contributed by atoms with Crippen molar-refractivity contribution in [2.24, 2.45) is 0 Å². The minimum atomic E-state index is -0.325. The van der Waals surface area contributed by atoms with Crippen LogP contribution >= 0.6 is 0 Å². The summed E-state index contributed by atoms with van der Waals surface area (Å²) < 4.78 is 12.8. The standard InChI is InChI=1S/C12H13FN4/c13-9-1-2-10(15-6-9)11-7-16-12(17-11)8-3-4-14-5-8/h1-2,6-8,14H,3-5H2,(H,16,17). The summed E-state index contributed by atoms with van der Waals surface area (Å²) in [4.78, 5) is 11.6. The first-order valence-corrected chi connectivity index (χ1v) is 5.70. The summed E-state index contributed by atoms with van der Waals surface area (Å²) in [5.41, 5.74) is 1.56. The summed E-state index contributed by atoms with van der Waals surface area (Å²) in [6, 6.07) is 3.06. The molecule has 1 unspecified atom stereocenters. The molecule has 1 fully saturated rings. The van der Waals surface area contributed by atoms with Gasteiger partial charge in [-0.3, -0.25) is 4.98 Å². The summed E-state index contributed by atoms with van der Waals surface area (Å²) in [6.45, 7) is 2.00. The van der Waals surface area contributed by atoms with Crippen LogP contribution < -0.4 is 5.32 Å². The average molecular weight is 232 g/mol. The van der Waals surface area contributed by atoms with Crippen molar-refractivity contribution in [1.82, 2.24) is 20.3 Å². The highest BCUT2D eigenvalue weighted by molar-refractivity contribution is 5.52. The zero-order valence-corrected chi connectivity index (χ0v) is 9.28. The van der Waals surface area contributed by atoms with E-state index in [9.17, 15) is 4.39 Å². The van der Waals surface area contributed by atoms with E-state index in [0.29, 0.717) is 5.92 Å². The van der Waals surface area contributed by atoms with Gasteiger partial charge in [0, 0.05) is 12.5 Å². The van der Waals surface area contributed by atoms with Gasteiger partial charge in [-0.1, -0.05) is 0 Å². The molecule has 2 N–H and O–H groups in total. The molecular formula is C12H13FN4. The quantitative estimate of drug-likeness (QED) is 0.828. The van der Waals surface area contributed by atoms with E-state index < -0.39 is 0 Å². The number of rotatable bonds is 2.